The SMILES string of the molecule is Cc1cc([C@@H](C)Nc2ccccc2C(=O)O)c2nc(C3CCC(F)(F)CC3)c(C#N)c(=O)n2c1. The zero-order valence-electron chi connectivity index (χ0n) is 18.8. The maximum atomic E-state index is 13.7. The van der Waals surface area contributed by atoms with Gasteiger partial charge >= 0.3 is 5.97 Å². The fraction of sp³-hybridized carbons (Fsp3) is 0.360. The lowest BCUT2D eigenvalue weighted by molar-refractivity contribution is -0.0385. The number of aromatic carboxylic acids is 1. The highest BCUT2D eigenvalue weighted by molar-refractivity contribution is 5.94. The number of hydrogen-bond donors (Lipinski definition) is 2. The Hall–Kier alpha value is -3.80. The molecule has 0 unspecified atom stereocenters. The minimum absolute atomic E-state index is 0.104. The van der Waals surface area contributed by atoms with Crippen LogP contribution in [0.5, 0.6) is 0 Å². The fourth-order valence-corrected chi connectivity index (χ4v) is 4.56. The number of benzene rings is 1. The first-order valence-corrected chi connectivity index (χ1v) is 11.0. The lowest BCUT2D eigenvalue weighted by Gasteiger charge is -2.28. The average Bonchev–Trinajstić information content (AvgIpc) is 2.79. The van der Waals surface area contributed by atoms with Gasteiger partial charge in [-0.15, -0.1) is 0 Å². The fourth-order valence-electron chi connectivity index (χ4n) is 4.56. The van der Waals surface area contributed by atoms with Gasteiger partial charge in [0.05, 0.1) is 17.3 Å². The first-order valence-electron chi connectivity index (χ1n) is 11.0. The Morgan fingerprint density at radius 1 is 1.32 bits per heavy atom. The number of alkyl halides is 2. The molecule has 1 aromatic carbocycles. The Bertz CT molecular complexity index is 1370. The highest BCUT2D eigenvalue weighted by Crippen LogP contribution is 2.41. The molecule has 0 radical (unpaired) electrons. The molecule has 4 rings (SSSR count). The van der Waals surface area contributed by atoms with Crippen molar-refractivity contribution in [3.8, 4) is 6.07 Å². The number of carbonyl (C=O) groups is 1. The molecular weight excluding hydrogens is 442 g/mol. The summed E-state index contributed by atoms with van der Waals surface area (Å²) in [5, 5.41) is 22.4. The molecule has 2 aromatic heterocycles. The third-order valence-corrected chi connectivity index (χ3v) is 6.33. The third-order valence-electron chi connectivity index (χ3n) is 6.33. The molecule has 0 bridgehead atoms. The average molecular weight is 466 g/mol. The van der Waals surface area contributed by atoms with E-state index in [1.54, 1.807) is 31.3 Å². The number of anilines is 1. The summed E-state index contributed by atoms with van der Waals surface area (Å²) < 4.78 is 28.7. The van der Waals surface area contributed by atoms with Crippen LogP contribution < -0.4 is 10.9 Å². The number of nitrogens with one attached hydrogen (secondary N) is 1. The van der Waals surface area contributed by atoms with Crippen molar-refractivity contribution >= 4 is 17.3 Å². The van der Waals surface area contributed by atoms with Gasteiger partial charge < -0.3 is 10.4 Å². The summed E-state index contributed by atoms with van der Waals surface area (Å²) in [6.07, 6.45) is 1.25. The molecule has 2 heterocycles. The second-order valence-electron chi connectivity index (χ2n) is 8.80. The first kappa shape index (κ1) is 23.4. The highest BCUT2D eigenvalue weighted by Gasteiger charge is 2.37. The minimum Gasteiger partial charge on any atom is -0.478 e. The second kappa shape index (κ2) is 8.86. The summed E-state index contributed by atoms with van der Waals surface area (Å²) >= 11 is 0. The third kappa shape index (κ3) is 4.36. The molecule has 1 atom stereocenters. The van der Waals surface area contributed by atoms with Crippen molar-refractivity contribution in [3.05, 3.63) is 74.8 Å². The number of carboxylic acid groups (broad SMARTS) is 1. The molecule has 9 heteroatoms. The van der Waals surface area contributed by atoms with E-state index in [2.05, 4.69) is 10.3 Å². The summed E-state index contributed by atoms with van der Waals surface area (Å²) in [5.74, 6) is -4.22. The van der Waals surface area contributed by atoms with Gasteiger partial charge in [0.1, 0.15) is 17.3 Å². The molecule has 0 spiro atoms. The molecule has 7 nitrogen and oxygen atoms in total. The molecular formula is C25H24F2N4O3. The van der Waals surface area contributed by atoms with E-state index in [9.17, 15) is 28.7 Å². The number of aryl methyl sites for hydroxylation is 1. The molecule has 0 amide bonds. The van der Waals surface area contributed by atoms with Crippen LogP contribution in [0.25, 0.3) is 5.65 Å². The predicted molar refractivity (Wildman–Crippen MR) is 123 cm³/mol. The van der Waals surface area contributed by atoms with E-state index < -0.39 is 29.4 Å². The molecule has 176 valence electrons. The largest absolute Gasteiger partial charge is 0.478 e. The lowest BCUT2D eigenvalue weighted by atomic mass is 9.83. The van der Waals surface area contributed by atoms with Gasteiger partial charge in [-0.25, -0.2) is 18.6 Å². The van der Waals surface area contributed by atoms with Crippen LogP contribution in [0.1, 0.15) is 77.3 Å². The van der Waals surface area contributed by atoms with Gasteiger partial charge in [-0.1, -0.05) is 12.1 Å². The summed E-state index contributed by atoms with van der Waals surface area (Å²) in [6.45, 7) is 3.62. The van der Waals surface area contributed by atoms with Crippen LogP contribution in [0.4, 0.5) is 14.5 Å². The predicted octanol–water partition coefficient (Wildman–Crippen LogP) is 5.04. The topological polar surface area (TPSA) is 107 Å². The first-order chi connectivity index (χ1) is 16.1. The number of para-hydroxylation sites is 1. The standard InChI is InChI=1S/C25H24F2N4O3/c1-14-11-18(15(2)29-20-6-4-3-5-17(20)24(33)34)22-30-21(16-7-9-25(26,27)10-8-16)19(12-28)23(32)31(22)13-14/h3-6,11,13,15-16,29H,7-10H2,1-2H3,(H,33,34)/t15-/m1/s1. The lowest BCUT2D eigenvalue weighted by Crippen LogP contribution is -2.28. The molecule has 34 heavy (non-hydrogen) atoms. The van der Waals surface area contributed by atoms with Crippen molar-refractivity contribution in [1.82, 2.24) is 9.38 Å². The molecule has 1 aliphatic carbocycles. The normalized spacial score (nSPS) is 16.7. The Morgan fingerprint density at radius 3 is 2.65 bits per heavy atom. The number of aromatic nitrogens is 2. The van der Waals surface area contributed by atoms with E-state index in [0.717, 1.165) is 5.56 Å². The van der Waals surface area contributed by atoms with Gasteiger partial charge in [0.15, 0.2) is 0 Å². The number of nitrogens with zero attached hydrogens (tertiary/aromatic N) is 3. The van der Waals surface area contributed by atoms with Gasteiger partial charge in [-0.05, 0) is 50.5 Å². The molecule has 2 N–H and O–H groups in total. The van der Waals surface area contributed by atoms with Crippen molar-refractivity contribution in [2.45, 2.75) is 57.4 Å². The van der Waals surface area contributed by atoms with Crippen molar-refractivity contribution in [2.75, 3.05) is 5.32 Å². The molecule has 1 saturated carbocycles. The van der Waals surface area contributed by atoms with E-state index in [-0.39, 0.29) is 42.5 Å². The quantitative estimate of drug-likeness (QED) is 0.546. The molecule has 0 aliphatic heterocycles. The Balaban J connectivity index is 1.83. The number of pyridine rings is 1. The van der Waals surface area contributed by atoms with Gasteiger partial charge in [0, 0.05) is 36.2 Å². The summed E-state index contributed by atoms with van der Waals surface area (Å²) in [4.78, 5) is 29.5. The van der Waals surface area contributed by atoms with Crippen LogP contribution in [0.3, 0.4) is 0 Å². The monoisotopic (exact) mass is 466 g/mol. The number of carboxylic acids is 1. The molecule has 0 saturated heterocycles. The van der Waals surface area contributed by atoms with Crippen molar-refractivity contribution < 1.29 is 18.7 Å². The van der Waals surface area contributed by atoms with Crippen LogP contribution in [-0.4, -0.2) is 26.4 Å². The minimum atomic E-state index is -2.74. The summed E-state index contributed by atoms with van der Waals surface area (Å²) in [5.41, 5.74) is 1.80. The second-order valence-corrected chi connectivity index (χ2v) is 8.80. The Kier molecular flexibility index (Phi) is 6.09. The molecule has 1 fully saturated rings. The maximum absolute atomic E-state index is 13.7. The zero-order chi connectivity index (χ0) is 24.6. The molecule has 3 aromatic rings. The van der Waals surface area contributed by atoms with Gasteiger partial charge in [-0.3, -0.25) is 9.20 Å². The van der Waals surface area contributed by atoms with Crippen molar-refractivity contribution in [1.29, 1.82) is 5.26 Å². The highest BCUT2D eigenvalue weighted by atomic mass is 19.3. The van der Waals surface area contributed by atoms with Crippen molar-refractivity contribution in [3.63, 3.8) is 0 Å². The Labute approximate surface area is 194 Å². The number of rotatable bonds is 5. The summed E-state index contributed by atoms with van der Waals surface area (Å²) in [6, 6.07) is 9.82. The van der Waals surface area contributed by atoms with Gasteiger partial charge in [0.25, 0.3) is 5.56 Å². The van der Waals surface area contributed by atoms with Crippen LogP contribution in [0, 0.1) is 18.3 Å². The van der Waals surface area contributed by atoms with E-state index in [4.69, 9.17) is 0 Å². The van der Waals surface area contributed by atoms with Gasteiger partial charge in [0.2, 0.25) is 5.92 Å². The van der Waals surface area contributed by atoms with Gasteiger partial charge in [-0.2, -0.15) is 5.26 Å². The molecule has 1 aliphatic rings. The van der Waals surface area contributed by atoms with E-state index >= 15 is 0 Å². The number of nitriles is 1. The number of halogens is 2. The van der Waals surface area contributed by atoms with Crippen molar-refractivity contribution in [2.24, 2.45) is 0 Å². The van der Waals surface area contributed by atoms with Crippen LogP contribution in [0.15, 0.2) is 41.3 Å². The maximum Gasteiger partial charge on any atom is 0.337 e. The Morgan fingerprint density at radius 2 is 2.00 bits per heavy atom. The number of hydrogen-bond acceptors (Lipinski definition) is 5. The number of fused-ring (bicyclic) bond motifs is 1. The van der Waals surface area contributed by atoms with E-state index in [1.807, 2.05) is 19.1 Å². The van der Waals surface area contributed by atoms with Crippen LogP contribution >= 0.6 is 0 Å². The van der Waals surface area contributed by atoms with Crippen LogP contribution in [0.2, 0.25) is 0 Å². The smallest absolute Gasteiger partial charge is 0.337 e. The summed E-state index contributed by atoms with van der Waals surface area (Å²) in [7, 11) is 0. The van der Waals surface area contributed by atoms with Crippen LogP contribution in [-0.2, 0) is 0 Å². The van der Waals surface area contributed by atoms with E-state index in [1.165, 1.54) is 10.5 Å². The zero-order valence-corrected chi connectivity index (χ0v) is 18.8. The van der Waals surface area contributed by atoms with E-state index in [0.29, 0.717) is 16.9 Å².